The summed E-state index contributed by atoms with van der Waals surface area (Å²) >= 11 is 0. The van der Waals surface area contributed by atoms with Crippen molar-refractivity contribution in [3.8, 4) is 0 Å². The van der Waals surface area contributed by atoms with Gasteiger partial charge in [0.1, 0.15) is 0 Å². The van der Waals surface area contributed by atoms with Gasteiger partial charge in [0.25, 0.3) is 5.91 Å². The van der Waals surface area contributed by atoms with Crippen LogP contribution in [0.25, 0.3) is 0 Å². The van der Waals surface area contributed by atoms with Crippen LogP contribution < -0.4 is 10.6 Å². The molecule has 1 saturated carbocycles. The number of benzene rings is 1. The van der Waals surface area contributed by atoms with Crippen LogP contribution in [0.4, 0.5) is 4.79 Å². The summed E-state index contributed by atoms with van der Waals surface area (Å²) < 4.78 is 30.2. The van der Waals surface area contributed by atoms with E-state index in [-0.39, 0.29) is 24.3 Å². The Morgan fingerprint density at radius 2 is 1.86 bits per heavy atom. The van der Waals surface area contributed by atoms with Crippen LogP contribution in [-0.4, -0.2) is 44.2 Å². The first-order valence-electron chi connectivity index (χ1n) is 9.32. The zero-order valence-electron chi connectivity index (χ0n) is 16.6. The van der Waals surface area contributed by atoms with Crippen molar-refractivity contribution in [2.75, 3.05) is 13.2 Å². The van der Waals surface area contributed by atoms with Crippen LogP contribution in [-0.2, 0) is 24.2 Å². The number of hydrogen-bond acceptors (Lipinski definition) is 6. The van der Waals surface area contributed by atoms with Crippen molar-refractivity contribution in [2.24, 2.45) is 0 Å². The number of ether oxygens (including phenoxy) is 1. The fraction of sp³-hybridized carbons (Fsp3) is 0.450. The first-order valence-corrected chi connectivity index (χ1v) is 10.8. The molecule has 0 atom stereocenters. The number of sulfone groups is 1. The van der Waals surface area contributed by atoms with Gasteiger partial charge < -0.3 is 10.1 Å². The van der Waals surface area contributed by atoms with E-state index in [9.17, 15) is 22.8 Å². The molecule has 0 bridgehead atoms. The lowest BCUT2D eigenvalue weighted by Crippen LogP contribution is -2.47. The van der Waals surface area contributed by atoms with Crippen LogP contribution in [0.1, 0.15) is 36.8 Å². The Hall–Kier alpha value is -2.68. The molecule has 0 radical (unpaired) electrons. The van der Waals surface area contributed by atoms with Crippen molar-refractivity contribution in [2.45, 2.75) is 49.2 Å². The Kier molecular flexibility index (Phi) is 7.18. The second kappa shape index (κ2) is 9.21. The topological polar surface area (TPSA) is 119 Å². The van der Waals surface area contributed by atoms with Crippen LogP contribution in [0.5, 0.6) is 0 Å². The quantitative estimate of drug-likeness (QED) is 0.512. The van der Waals surface area contributed by atoms with Crippen molar-refractivity contribution < 1.29 is 27.5 Å². The lowest BCUT2D eigenvalue weighted by molar-refractivity contribution is -0.150. The summed E-state index contributed by atoms with van der Waals surface area (Å²) in [5.41, 5.74) is 1.31. The van der Waals surface area contributed by atoms with E-state index in [2.05, 4.69) is 11.9 Å². The zero-order valence-corrected chi connectivity index (χ0v) is 17.4. The summed E-state index contributed by atoms with van der Waals surface area (Å²) in [6, 6.07) is 4.29. The number of imide groups is 1. The molecule has 0 spiro atoms. The Balaban J connectivity index is 2.18. The van der Waals surface area contributed by atoms with Crippen molar-refractivity contribution in [1.29, 1.82) is 0 Å². The molecule has 3 amide bonds. The Morgan fingerprint density at radius 1 is 1.21 bits per heavy atom. The van der Waals surface area contributed by atoms with E-state index in [1.807, 2.05) is 5.32 Å². The minimum Gasteiger partial charge on any atom is -0.454 e. The maximum atomic E-state index is 13.4. The number of aryl methyl sites for hydroxylation is 2. The minimum atomic E-state index is -4.03. The zero-order chi connectivity index (χ0) is 21.7. The highest BCUT2D eigenvalue weighted by atomic mass is 32.2. The molecule has 0 saturated heterocycles. The average Bonchev–Trinajstić information content (AvgIpc) is 3.18. The highest BCUT2D eigenvalue weighted by molar-refractivity contribution is 7.93. The number of urea groups is 1. The normalized spacial score (nSPS) is 15.4. The lowest BCUT2D eigenvalue weighted by atomic mass is 10.1. The van der Waals surface area contributed by atoms with Gasteiger partial charge in [0, 0.05) is 6.54 Å². The fourth-order valence-electron chi connectivity index (χ4n) is 3.37. The van der Waals surface area contributed by atoms with Gasteiger partial charge in [-0.3, -0.25) is 14.9 Å². The molecule has 0 unspecified atom stereocenters. The number of carbonyl (C=O) groups excluding carboxylic acids is 3. The van der Waals surface area contributed by atoms with Crippen molar-refractivity contribution >= 4 is 27.7 Å². The van der Waals surface area contributed by atoms with Gasteiger partial charge in [-0.05, 0) is 43.9 Å². The minimum absolute atomic E-state index is 0.101. The van der Waals surface area contributed by atoms with Crippen LogP contribution in [0.2, 0.25) is 0 Å². The van der Waals surface area contributed by atoms with Crippen molar-refractivity contribution in [3.05, 3.63) is 42.0 Å². The molecule has 2 rings (SSSR count). The number of esters is 1. The summed E-state index contributed by atoms with van der Waals surface area (Å²) in [5, 5.41) is 4.34. The molecular weight excluding hydrogens is 396 g/mol. The third-order valence-corrected chi connectivity index (χ3v) is 7.55. The Morgan fingerprint density at radius 3 is 2.48 bits per heavy atom. The molecule has 1 aliphatic rings. The molecule has 158 valence electrons. The van der Waals surface area contributed by atoms with Crippen LogP contribution in [0.15, 0.2) is 35.7 Å². The van der Waals surface area contributed by atoms with E-state index in [4.69, 9.17) is 4.74 Å². The Bertz CT molecular complexity index is 917. The van der Waals surface area contributed by atoms with Crippen molar-refractivity contribution in [1.82, 2.24) is 10.6 Å². The molecule has 8 nitrogen and oxygen atoms in total. The first-order chi connectivity index (χ1) is 13.6. The number of hydrogen-bond donors (Lipinski definition) is 2. The average molecular weight is 423 g/mol. The second-order valence-corrected chi connectivity index (χ2v) is 9.32. The monoisotopic (exact) mass is 422 g/mol. The molecule has 29 heavy (non-hydrogen) atoms. The Labute approximate surface area is 170 Å². The SMILES string of the molecule is C=CCNC(=O)NC(=O)COC(=O)C1(S(=O)(=O)c2cc(C)ccc2C)CCCC1. The smallest absolute Gasteiger partial charge is 0.328 e. The van der Waals surface area contributed by atoms with Gasteiger partial charge in [0.15, 0.2) is 21.2 Å². The lowest BCUT2D eigenvalue weighted by Gasteiger charge is -2.27. The van der Waals surface area contributed by atoms with Gasteiger partial charge in [-0.25, -0.2) is 13.2 Å². The van der Waals surface area contributed by atoms with Gasteiger partial charge in [-0.2, -0.15) is 0 Å². The molecular formula is C20H26N2O6S. The van der Waals surface area contributed by atoms with Gasteiger partial charge in [0.05, 0.1) is 4.90 Å². The molecule has 9 heteroatoms. The maximum absolute atomic E-state index is 13.4. The van der Waals surface area contributed by atoms with Crippen LogP contribution in [0, 0.1) is 13.8 Å². The highest BCUT2D eigenvalue weighted by Crippen LogP contribution is 2.42. The van der Waals surface area contributed by atoms with E-state index in [0.717, 1.165) is 5.56 Å². The van der Waals surface area contributed by atoms with Gasteiger partial charge in [0.2, 0.25) is 0 Å². The maximum Gasteiger partial charge on any atom is 0.328 e. The molecule has 0 aromatic heterocycles. The number of rotatable bonds is 7. The molecule has 1 aromatic carbocycles. The van der Waals surface area contributed by atoms with E-state index in [0.29, 0.717) is 18.4 Å². The molecule has 1 fully saturated rings. The van der Waals surface area contributed by atoms with E-state index < -0.39 is 39.1 Å². The fourth-order valence-corrected chi connectivity index (χ4v) is 5.73. The van der Waals surface area contributed by atoms with E-state index in [1.54, 1.807) is 32.0 Å². The molecule has 1 aliphatic carbocycles. The first kappa shape index (κ1) is 22.6. The highest BCUT2D eigenvalue weighted by Gasteiger charge is 2.54. The number of nitrogens with one attached hydrogen (secondary N) is 2. The third-order valence-electron chi connectivity index (χ3n) is 4.93. The molecule has 2 N–H and O–H groups in total. The van der Waals surface area contributed by atoms with E-state index >= 15 is 0 Å². The predicted molar refractivity (Wildman–Crippen MR) is 107 cm³/mol. The van der Waals surface area contributed by atoms with Gasteiger partial charge in [-0.15, -0.1) is 6.58 Å². The summed E-state index contributed by atoms with van der Waals surface area (Å²) in [5.74, 6) is -1.81. The molecule has 0 heterocycles. The number of amides is 3. The summed E-state index contributed by atoms with van der Waals surface area (Å²) in [7, 11) is -4.03. The largest absolute Gasteiger partial charge is 0.454 e. The van der Waals surface area contributed by atoms with Gasteiger partial charge >= 0.3 is 12.0 Å². The molecule has 1 aromatic rings. The summed E-state index contributed by atoms with van der Waals surface area (Å²) in [6.45, 7) is 6.30. The van der Waals surface area contributed by atoms with Crippen molar-refractivity contribution in [3.63, 3.8) is 0 Å². The molecule has 0 aliphatic heterocycles. The number of carbonyl (C=O) groups is 3. The standard InChI is InChI=1S/C20H26N2O6S/c1-4-11-21-19(25)22-17(23)13-28-18(24)20(9-5-6-10-20)29(26,27)16-12-14(2)7-8-15(16)3/h4,7-8,12H,1,5-6,9-11,13H2,2-3H3,(H2,21,22,23,25). The van der Waals surface area contributed by atoms with E-state index in [1.165, 1.54) is 6.08 Å². The summed E-state index contributed by atoms with van der Waals surface area (Å²) in [4.78, 5) is 36.2. The van der Waals surface area contributed by atoms with Crippen LogP contribution >= 0.6 is 0 Å². The third kappa shape index (κ3) is 4.84. The predicted octanol–water partition coefficient (Wildman–Crippen LogP) is 1.94. The van der Waals surface area contributed by atoms with Crippen LogP contribution in [0.3, 0.4) is 0 Å². The van der Waals surface area contributed by atoms with Gasteiger partial charge in [-0.1, -0.05) is 31.1 Å². The summed E-state index contributed by atoms with van der Waals surface area (Å²) in [6.07, 6.45) is 2.82. The second-order valence-electron chi connectivity index (χ2n) is 7.10.